The van der Waals surface area contributed by atoms with Gasteiger partial charge in [0.05, 0.1) is 6.26 Å². The first-order valence-electron chi connectivity index (χ1n) is 8.57. The Hall–Kier alpha value is -2.87. The number of carbonyl (C=O) groups excluding carboxylic acids is 2. The van der Waals surface area contributed by atoms with Crippen LogP contribution >= 0.6 is 0 Å². The first kappa shape index (κ1) is 21.4. The second kappa shape index (κ2) is 8.88. The molecule has 0 saturated carbocycles. The molecule has 0 aliphatic heterocycles. The Morgan fingerprint density at radius 1 is 1.04 bits per heavy atom. The Labute approximate surface area is 164 Å². The molecule has 0 aromatic heterocycles. The largest absolute Gasteiger partial charge is 0.482 e. The van der Waals surface area contributed by atoms with Crippen LogP contribution in [0.5, 0.6) is 5.75 Å². The molecule has 150 valence electrons. The van der Waals surface area contributed by atoms with Gasteiger partial charge in [-0.25, -0.2) is 13.2 Å². The van der Waals surface area contributed by atoms with Crippen molar-refractivity contribution in [1.82, 2.24) is 0 Å². The minimum atomic E-state index is -3.40. The van der Waals surface area contributed by atoms with Gasteiger partial charge in [-0.3, -0.25) is 9.52 Å². The van der Waals surface area contributed by atoms with E-state index in [0.717, 1.165) is 17.4 Å². The summed E-state index contributed by atoms with van der Waals surface area (Å²) in [5.41, 5.74) is 2.80. The average Bonchev–Trinajstić information content (AvgIpc) is 2.61. The molecule has 0 heterocycles. The first-order valence-corrected chi connectivity index (χ1v) is 10.5. The number of carbonyl (C=O) groups is 2. The number of sulfonamides is 1. The quantitative estimate of drug-likeness (QED) is 0.536. The highest BCUT2D eigenvalue weighted by Crippen LogP contribution is 2.17. The molecule has 0 saturated heterocycles. The van der Waals surface area contributed by atoms with Crippen LogP contribution in [0.1, 0.15) is 28.4 Å². The average molecular weight is 405 g/mol. The molecule has 1 atom stereocenters. The van der Waals surface area contributed by atoms with Crippen molar-refractivity contribution in [2.75, 3.05) is 17.6 Å². The first-order chi connectivity index (χ1) is 13.0. The molecule has 7 nitrogen and oxygen atoms in total. The predicted octanol–water partition coefficient (Wildman–Crippen LogP) is 2.87. The molecular weight excluding hydrogens is 382 g/mol. The van der Waals surface area contributed by atoms with Crippen LogP contribution in [0.15, 0.2) is 42.5 Å². The van der Waals surface area contributed by atoms with Crippen LogP contribution in [0.4, 0.5) is 5.69 Å². The lowest BCUT2D eigenvalue weighted by atomic mass is 10.1. The number of Topliss-reactive ketones (excluding diaryl/α,β-unsaturated/α-hetero) is 1. The highest BCUT2D eigenvalue weighted by atomic mass is 32.2. The van der Waals surface area contributed by atoms with E-state index in [0.29, 0.717) is 17.0 Å². The number of nitrogens with one attached hydrogen (secondary N) is 1. The van der Waals surface area contributed by atoms with Crippen molar-refractivity contribution >= 4 is 27.5 Å². The van der Waals surface area contributed by atoms with Crippen molar-refractivity contribution < 1.29 is 27.5 Å². The summed E-state index contributed by atoms with van der Waals surface area (Å²) in [4.78, 5) is 24.3. The van der Waals surface area contributed by atoms with Gasteiger partial charge in [-0.05, 0) is 68.3 Å². The molecule has 8 heteroatoms. The number of hydrogen-bond acceptors (Lipinski definition) is 6. The van der Waals surface area contributed by atoms with Crippen LogP contribution in [0, 0.1) is 13.8 Å². The zero-order valence-electron chi connectivity index (χ0n) is 16.2. The van der Waals surface area contributed by atoms with E-state index in [1.807, 2.05) is 26.0 Å². The van der Waals surface area contributed by atoms with Crippen molar-refractivity contribution in [2.24, 2.45) is 0 Å². The summed E-state index contributed by atoms with van der Waals surface area (Å²) < 4.78 is 35.2. The van der Waals surface area contributed by atoms with Crippen LogP contribution in [0.25, 0.3) is 0 Å². The SMILES string of the molecule is Cc1ccc(OCC(=O)O[C@H](C)C(=O)c2ccc(NS(C)(=O)=O)cc2)cc1C. The molecule has 0 amide bonds. The van der Waals surface area contributed by atoms with Gasteiger partial charge in [0.15, 0.2) is 12.7 Å². The van der Waals surface area contributed by atoms with Crippen molar-refractivity contribution in [3.05, 3.63) is 59.2 Å². The van der Waals surface area contributed by atoms with E-state index < -0.39 is 27.9 Å². The van der Waals surface area contributed by atoms with Gasteiger partial charge in [0.2, 0.25) is 15.8 Å². The van der Waals surface area contributed by atoms with Gasteiger partial charge in [0, 0.05) is 11.3 Å². The molecule has 0 aliphatic carbocycles. The number of benzene rings is 2. The summed E-state index contributed by atoms with van der Waals surface area (Å²) in [5.74, 6) is -0.507. The minimum absolute atomic E-state index is 0.300. The Balaban J connectivity index is 1.90. The van der Waals surface area contributed by atoms with E-state index in [1.165, 1.54) is 31.2 Å². The topological polar surface area (TPSA) is 98.8 Å². The maximum atomic E-state index is 12.4. The zero-order valence-corrected chi connectivity index (χ0v) is 17.0. The van der Waals surface area contributed by atoms with E-state index in [-0.39, 0.29) is 6.61 Å². The van der Waals surface area contributed by atoms with Crippen molar-refractivity contribution in [3.63, 3.8) is 0 Å². The summed E-state index contributed by atoms with van der Waals surface area (Å²) >= 11 is 0. The van der Waals surface area contributed by atoms with Gasteiger partial charge >= 0.3 is 5.97 Å². The maximum absolute atomic E-state index is 12.4. The number of ether oxygens (including phenoxy) is 2. The normalized spacial score (nSPS) is 12.1. The zero-order chi connectivity index (χ0) is 20.9. The lowest BCUT2D eigenvalue weighted by molar-refractivity contribution is -0.148. The summed E-state index contributed by atoms with van der Waals surface area (Å²) in [6, 6.07) is 11.3. The second-order valence-electron chi connectivity index (χ2n) is 6.48. The van der Waals surface area contributed by atoms with Crippen molar-refractivity contribution in [1.29, 1.82) is 0 Å². The molecule has 0 bridgehead atoms. The molecular formula is C20H23NO6S. The fourth-order valence-electron chi connectivity index (χ4n) is 2.38. The van der Waals surface area contributed by atoms with Crippen LogP contribution in [-0.2, 0) is 19.6 Å². The number of esters is 1. The number of rotatable bonds is 8. The van der Waals surface area contributed by atoms with Crippen LogP contribution < -0.4 is 9.46 Å². The Bertz CT molecular complexity index is 967. The lowest BCUT2D eigenvalue weighted by Gasteiger charge is -2.13. The third kappa shape index (κ3) is 6.38. The molecule has 1 N–H and O–H groups in total. The van der Waals surface area contributed by atoms with Crippen LogP contribution in [-0.4, -0.2) is 39.1 Å². The Morgan fingerprint density at radius 3 is 2.25 bits per heavy atom. The molecule has 28 heavy (non-hydrogen) atoms. The summed E-state index contributed by atoms with van der Waals surface area (Å²) in [6.07, 6.45) is 0.0395. The van der Waals surface area contributed by atoms with E-state index in [1.54, 1.807) is 6.07 Å². The maximum Gasteiger partial charge on any atom is 0.344 e. The number of hydrogen-bond donors (Lipinski definition) is 1. The monoisotopic (exact) mass is 405 g/mol. The number of aryl methyl sites for hydroxylation is 2. The van der Waals surface area contributed by atoms with Gasteiger partial charge in [0.25, 0.3) is 0 Å². The fraction of sp³-hybridized carbons (Fsp3) is 0.300. The smallest absolute Gasteiger partial charge is 0.344 e. The van der Waals surface area contributed by atoms with E-state index in [2.05, 4.69) is 4.72 Å². The summed E-state index contributed by atoms with van der Waals surface area (Å²) in [5, 5.41) is 0. The van der Waals surface area contributed by atoms with Gasteiger partial charge in [-0.15, -0.1) is 0 Å². The molecule has 2 aromatic carbocycles. The van der Waals surface area contributed by atoms with E-state index in [9.17, 15) is 18.0 Å². The van der Waals surface area contributed by atoms with E-state index in [4.69, 9.17) is 9.47 Å². The lowest BCUT2D eigenvalue weighted by Crippen LogP contribution is -2.27. The van der Waals surface area contributed by atoms with Gasteiger partial charge < -0.3 is 9.47 Å². The fourth-order valence-corrected chi connectivity index (χ4v) is 2.95. The molecule has 0 unspecified atom stereocenters. The molecule has 0 aliphatic rings. The van der Waals surface area contributed by atoms with Crippen molar-refractivity contribution in [2.45, 2.75) is 26.9 Å². The standard InChI is InChI=1S/C20H23NO6S/c1-13-5-10-18(11-14(13)2)26-12-19(22)27-15(3)20(23)16-6-8-17(9-7-16)21-28(4,24)25/h5-11,15,21H,12H2,1-4H3/t15-/m1/s1. The third-order valence-electron chi connectivity index (χ3n) is 3.99. The van der Waals surface area contributed by atoms with Gasteiger partial charge in [-0.1, -0.05) is 6.07 Å². The molecule has 0 spiro atoms. The molecule has 0 fully saturated rings. The number of ketones is 1. The van der Waals surface area contributed by atoms with Gasteiger partial charge in [0.1, 0.15) is 5.75 Å². The summed E-state index contributed by atoms with van der Waals surface area (Å²) in [6.45, 7) is 5.08. The second-order valence-corrected chi connectivity index (χ2v) is 8.23. The number of anilines is 1. The van der Waals surface area contributed by atoms with Gasteiger partial charge in [-0.2, -0.15) is 0 Å². The molecule has 2 aromatic rings. The molecule has 0 radical (unpaired) electrons. The highest BCUT2D eigenvalue weighted by Gasteiger charge is 2.20. The highest BCUT2D eigenvalue weighted by molar-refractivity contribution is 7.92. The Kier molecular flexibility index (Phi) is 6.80. The third-order valence-corrected chi connectivity index (χ3v) is 4.59. The van der Waals surface area contributed by atoms with Crippen LogP contribution in [0.3, 0.4) is 0 Å². The Morgan fingerprint density at radius 2 is 1.68 bits per heavy atom. The molecule has 2 rings (SSSR count). The van der Waals surface area contributed by atoms with E-state index >= 15 is 0 Å². The van der Waals surface area contributed by atoms with Crippen molar-refractivity contribution in [3.8, 4) is 5.75 Å². The van der Waals surface area contributed by atoms with Crippen LogP contribution in [0.2, 0.25) is 0 Å². The predicted molar refractivity (Wildman–Crippen MR) is 106 cm³/mol. The summed E-state index contributed by atoms with van der Waals surface area (Å²) in [7, 11) is -3.40. The minimum Gasteiger partial charge on any atom is -0.482 e.